The molecule has 0 amide bonds. The summed E-state index contributed by atoms with van der Waals surface area (Å²) < 4.78 is 0. The van der Waals surface area contributed by atoms with Crippen molar-refractivity contribution in [3.63, 3.8) is 0 Å². The number of benzene rings is 3. The van der Waals surface area contributed by atoms with Gasteiger partial charge in [-0.25, -0.2) is 0 Å². The predicted octanol–water partition coefficient (Wildman–Crippen LogP) is 3.17. The van der Waals surface area contributed by atoms with Crippen LogP contribution in [-0.4, -0.2) is 21.4 Å². The topological polar surface area (TPSA) is 60.7 Å². The third kappa shape index (κ3) is 1.91. The summed E-state index contributed by atoms with van der Waals surface area (Å²) in [6.07, 6.45) is 2.20. The summed E-state index contributed by atoms with van der Waals surface area (Å²) in [6.45, 7) is 0. The molecule has 0 bridgehead atoms. The van der Waals surface area contributed by atoms with Crippen LogP contribution >= 0.6 is 0 Å². The molecular formula is C20H16O3. The van der Waals surface area contributed by atoms with E-state index < -0.39 is 11.7 Å². The van der Waals surface area contributed by atoms with Gasteiger partial charge in [0.15, 0.2) is 0 Å². The quantitative estimate of drug-likeness (QED) is 0.647. The van der Waals surface area contributed by atoms with Gasteiger partial charge in [0.05, 0.1) is 0 Å². The fraction of sp³-hybridized carbons (Fsp3) is 0.100. The van der Waals surface area contributed by atoms with Crippen molar-refractivity contribution < 1.29 is 15.3 Å². The zero-order valence-corrected chi connectivity index (χ0v) is 12.3. The second-order valence-electron chi connectivity index (χ2n) is 5.84. The van der Waals surface area contributed by atoms with Gasteiger partial charge < -0.3 is 15.3 Å². The molecule has 4 rings (SSSR count). The van der Waals surface area contributed by atoms with Gasteiger partial charge in [-0.05, 0) is 28.0 Å². The average molecular weight is 304 g/mol. The van der Waals surface area contributed by atoms with Crippen LogP contribution in [0.3, 0.4) is 0 Å². The van der Waals surface area contributed by atoms with Gasteiger partial charge in [0, 0.05) is 5.56 Å². The molecule has 0 spiro atoms. The second-order valence-corrected chi connectivity index (χ2v) is 5.84. The van der Waals surface area contributed by atoms with Crippen molar-refractivity contribution >= 4 is 16.8 Å². The van der Waals surface area contributed by atoms with E-state index in [9.17, 15) is 15.3 Å². The molecule has 3 heteroatoms. The van der Waals surface area contributed by atoms with Crippen molar-refractivity contribution in [1.82, 2.24) is 0 Å². The smallest absolute Gasteiger partial charge is 0.149 e. The number of aliphatic hydroxyl groups is 2. The van der Waals surface area contributed by atoms with Gasteiger partial charge >= 0.3 is 0 Å². The largest absolute Gasteiger partial charge is 0.508 e. The lowest BCUT2D eigenvalue weighted by Crippen LogP contribution is -2.42. The molecule has 3 aromatic rings. The molecule has 0 fully saturated rings. The molecule has 0 aromatic heterocycles. The maximum Gasteiger partial charge on any atom is 0.149 e. The molecule has 0 aliphatic heterocycles. The van der Waals surface area contributed by atoms with Gasteiger partial charge in [-0.1, -0.05) is 66.7 Å². The monoisotopic (exact) mass is 304 g/mol. The lowest BCUT2D eigenvalue weighted by molar-refractivity contribution is -0.0258. The first-order chi connectivity index (χ1) is 11.1. The van der Waals surface area contributed by atoms with Gasteiger partial charge in [0.1, 0.15) is 17.5 Å². The van der Waals surface area contributed by atoms with Gasteiger partial charge in [-0.3, -0.25) is 0 Å². The number of aliphatic hydroxyl groups excluding tert-OH is 1. The van der Waals surface area contributed by atoms with E-state index in [1.807, 2.05) is 42.5 Å². The van der Waals surface area contributed by atoms with Gasteiger partial charge in [-0.2, -0.15) is 0 Å². The first-order valence-corrected chi connectivity index (χ1v) is 7.51. The summed E-state index contributed by atoms with van der Waals surface area (Å²) in [6, 6.07) is 18.2. The van der Waals surface area contributed by atoms with Crippen LogP contribution in [0.25, 0.3) is 16.8 Å². The Hall–Kier alpha value is -2.62. The average Bonchev–Trinajstić information content (AvgIpc) is 2.58. The predicted molar refractivity (Wildman–Crippen MR) is 90.1 cm³/mol. The normalized spacial score (nSPS) is 23.0. The van der Waals surface area contributed by atoms with Crippen molar-refractivity contribution in [2.45, 2.75) is 11.7 Å². The lowest BCUT2D eigenvalue weighted by Gasteiger charge is -2.37. The number of rotatable bonds is 1. The van der Waals surface area contributed by atoms with E-state index in [2.05, 4.69) is 0 Å². The number of phenolic OH excluding ortho intramolecular Hbond substituents is 1. The molecule has 3 nitrogen and oxygen atoms in total. The molecular weight excluding hydrogens is 288 g/mol. The maximum atomic E-state index is 11.5. The molecule has 0 radical (unpaired) electrons. The van der Waals surface area contributed by atoms with Crippen molar-refractivity contribution in [2.24, 2.45) is 0 Å². The first kappa shape index (κ1) is 14.0. The molecule has 0 saturated carbocycles. The van der Waals surface area contributed by atoms with E-state index in [-0.39, 0.29) is 5.75 Å². The minimum atomic E-state index is -1.70. The van der Waals surface area contributed by atoms with Crippen LogP contribution in [0.4, 0.5) is 0 Å². The van der Waals surface area contributed by atoms with Crippen LogP contribution < -0.4 is 0 Å². The standard InChI is InChI=1S/C20H16O3/c21-17-11-9-13-5-1-3-7-15(13)19(17)20(23)16-8-4-2-6-14(16)10-12-18(20)22/h1-12,18,21-23H. The zero-order valence-electron chi connectivity index (χ0n) is 12.3. The Kier molecular flexibility index (Phi) is 3.01. The summed E-state index contributed by atoms with van der Waals surface area (Å²) >= 11 is 0. The Bertz CT molecular complexity index is 929. The van der Waals surface area contributed by atoms with Crippen LogP contribution in [0.15, 0.2) is 66.7 Å². The molecule has 1 aliphatic rings. The van der Waals surface area contributed by atoms with Gasteiger partial charge in [0.25, 0.3) is 0 Å². The van der Waals surface area contributed by atoms with Crippen LogP contribution in [0.5, 0.6) is 5.75 Å². The van der Waals surface area contributed by atoms with Crippen LogP contribution in [0.2, 0.25) is 0 Å². The van der Waals surface area contributed by atoms with E-state index in [1.54, 1.807) is 30.4 Å². The third-order valence-corrected chi connectivity index (χ3v) is 4.55. The summed E-state index contributed by atoms with van der Waals surface area (Å²) in [7, 11) is 0. The number of fused-ring (bicyclic) bond motifs is 2. The van der Waals surface area contributed by atoms with E-state index in [0.29, 0.717) is 11.1 Å². The fourth-order valence-corrected chi connectivity index (χ4v) is 3.43. The van der Waals surface area contributed by atoms with Crippen molar-refractivity contribution in [2.75, 3.05) is 0 Å². The molecule has 0 saturated heterocycles. The van der Waals surface area contributed by atoms with Crippen molar-refractivity contribution in [3.8, 4) is 5.75 Å². The molecule has 3 aromatic carbocycles. The molecule has 2 unspecified atom stereocenters. The molecule has 3 N–H and O–H groups in total. The van der Waals surface area contributed by atoms with E-state index >= 15 is 0 Å². The first-order valence-electron chi connectivity index (χ1n) is 7.51. The van der Waals surface area contributed by atoms with Crippen LogP contribution in [0, 0.1) is 0 Å². The number of phenols is 1. The van der Waals surface area contributed by atoms with Crippen molar-refractivity contribution in [3.05, 3.63) is 83.4 Å². The second kappa shape index (κ2) is 4.95. The summed E-state index contributed by atoms with van der Waals surface area (Å²) in [5, 5.41) is 34.1. The highest BCUT2D eigenvalue weighted by Crippen LogP contribution is 2.45. The SMILES string of the molecule is Oc1ccc2ccccc2c1C1(O)c2ccccc2C=CC1O. The Labute approximate surface area is 133 Å². The Morgan fingerprint density at radius 1 is 0.870 bits per heavy atom. The van der Waals surface area contributed by atoms with Gasteiger partial charge in [-0.15, -0.1) is 0 Å². The third-order valence-electron chi connectivity index (χ3n) is 4.55. The lowest BCUT2D eigenvalue weighted by atomic mass is 9.74. The molecule has 1 aliphatic carbocycles. The minimum Gasteiger partial charge on any atom is -0.508 e. The molecule has 23 heavy (non-hydrogen) atoms. The molecule has 0 heterocycles. The fourth-order valence-electron chi connectivity index (χ4n) is 3.43. The zero-order chi connectivity index (χ0) is 16.0. The Morgan fingerprint density at radius 2 is 1.61 bits per heavy atom. The van der Waals surface area contributed by atoms with E-state index in [1.165, 1.54) is 0 Å². The Balaban J connectivity index is 2.11. The highest BCUT2D eigenvalue weighted by Gasteiger charge is 2.44. The van der Waals surface area contributed by atoms with E-state index in [0.717, 1.165) is 16.3 Å². The molecule has 2 atom stereocenters. The maximum absolute atomic E-state index is 11.5. The van der Waals surface area contributed by atoms with Crippen LogP contribution in [-0.2, 0) is 5.60 Å². The minimum absolute atomic E-state index is 0.0321. The van der Waals surface area contributed by atoms with E-state index in [4.69, 9.17) is 0 Å². The highest BCUT2D eigenvalue weighted by molar-refractivity contribution is 5.89. The van der Waals surface area contributed by atoms with Crippen LogP contribution in [0.1, 0.15) is 16.7 Å². The number of hydrogen-bond acceptors (Lipinski definition) is 3. The summed E-state index contributed by atoms with van der Waals surface area (Å²) in [5.74, 6) is -0.0321. The number of aromatic hydroxyl groups is 1. The summed E-state index contributed by atoms with van der Waals surface area (Å²) in [5.41, 5.74) is 0.0465. The van der Waals surface area contributed by atoms with Crippen molar-refractivity contribution in [1.29, 1.82) is 0 Å². The van der Waals surface area contributed by atoms with Gasteiger partial charge in [0.2, 0.25) is 0 Å². The highest BCUT2D eigenvalue weighted by atomic mass is 16.3. The Morgan fingerprint density at radius 3 is 2.48 bits per heavy atom. The summed E-state index contributed by atoms with van der Waals surface area (Å²) in [4.78, 5) is 0. The number of hydrogen-bond donors (Lipinski definition) is 3. The molecule has 114 valence electrons.